The second-order valence-corrected chi connectivity index (χ2v) is 2.20. The summed E-state index contributed by atoms with van der Waals surface area (Å²) in [6.45, 7) is 3.88. The highest BCUT2D eigenvalue weighted by molar-refractivity contribution is 5.97. The van der Waals surface area contributed by atoms with Crippen molar-refractivity contribution in [3.05, 3.63) is 35.9 Å². The van der Waals surface area contributed by atoms with Crippen LogP contribution in [0.5, 0.6) is 0 Å². The van der Waals surface area contributed by atoms with Gasteiger partial charge in [-0.1, -0.05) is 44.2 Å². The summed E-state index contributed by atoms with van der Waals surface area (Å²) in [5.74, 6) is -0.168. The Morgan fingerprint density at radius 1 is 1.29 bits per heavy atom. The van der Waals surface area contributed by atoms with Crippen molar-refractivity contribution in [2.24, 2.45) is 4.99 Å². The van der Waals surface area contributed by atoms with E-state index in [0.717, 1.165) is 0 Å². The molecule has 1 aromatic carbocycles. The number of Topliss-reactive ketones (excluding diaryl/α,β-unsaturated/α-hetero) is 1. The molecule has 74 valence electrons. The van der Waals surface area contributed by atoms with Gasteiger partial charge in [0, 0.05) is 5.56 Å². The van der Waals surface area contributed by atoms with Gasteiger partial charge < -0.3 is 0 Å². The summed E-state index contributed by atoms with van der Waals surface area (Å²) < 4.78 is 0. The van der Waals surface area contributed by atoms with Gasteiger partial charge >= 0.3 is 0 Å². The summed E-state index contributed by atoms with van der Waals surface area (Å²) in [6, 6.07) is 8.71. The number of isocyanates is 1. The van der Waals surface area contributed by atoms with Crippen LogP contribution >= 0.6 is 0 Å². The molecule has 0 radical (unpaired) electrons. The molecule has 0 aliphatic heterocycles. The average Bonchev–Trinajstić information content (AvgIpc) is 2.30. The predicted octanol–water partition coefficient (Wildman–Crippen LogP) is 2.23. The second kappa shape index (κ2) is 7.90. The van der Waals surface area contributed by atoms with Crippen molar-refractivity contribution in [2.45, 2.75) is 13.8 Å². The van der Waals surface area contributed by atoms with Gasteiger partial charge in [-0.05, 0) is 0 Å². The van der Waals surface area contributed by atoms with Crippen molar-refractivity contribution in [3.8, 4) is 0 Å². The molecule has 0 aliphatic rings. The summed E-state index contributed by atoms with van der Waals surface area (Å²) in [5, 5.41) is 0. The molecular formula is C11H13NO2. The Morgan fingerprint density at radius 2 is 1.86 bits per heavy atom. The number of hydrogen-bond acceptors (Lipinski definition) is 3. The normalized spacial score (nSPS) is 7.86. The van der Waals surface area contributed by atoms with E-state index in [4.69, 9.17) is 0 Å². The second-order valence-electron chi connectivity index (χ2n) is 2.20. The SMILES string of the molecule is CC.O=C=NCC(=O)c1ccccc1. The Labute approximate surface area is 83.5 Å². The number of benzene rings is 1. The number of hydrogen-bond donors (Lipinski definition) is 0. The summed E-state index contributed by atoms with van der Waals surface area (Å²) in [4.78, 5) is 24.0. The molecule has 3 heteroatoms. The predicted molar refractivity (Wildman–Crippen MR) is 55.1 cm³/mol. The van der Waals surface area contributed by atoms with Crippen LogP contribution in [0.25, 0.3) is 0 Å². The van der Waals surface area contributed by atoms with E-state index in [0.29, 0.717) is 5.56 Å². The van der Waals surface area contributed by atoms with Crippen LogP contribution in [0.15, 0.2) is 35.3 Å². The van der Waals surface area contributed by atoms with Gasteiger partial charge in [0.25, 0.3) is 0 Å². The first-order valence-corrected chi connectivity index (χ1v) is 4.46. The Kier molecular flexibility index (Phi) is 6.92. The minimum atomic E-state index is -0.168. The van der Waals surface area contributed by atoms with E-state index in [-0.39, 0.29) is 12.3 Å². The number of carbonyl (C=O) groups is 1. The molecular weight excluding hydrogens is 178 g/mol. The van der Waals surface area contributed by atoms with Gasteiger partial charge in [0.15, 0.2) is 5.78 Å². The van der Waals surface area contributed by atoms with E-state index in [9.17, 15) is 9.59 Å². The van der Waals surface area contributed by atoms with Crippen LogP contribution in [0.3, 0.4) is 0 Å². The van der Waals surface area contributed by atoms with Crippen LogP contribution in [-0.4, -0.2) is 18.4 Å². The van der Waals surface area contributed by atoms with Crippen molar-refractivity contribution in [2.75, 3.05) is 6.54 Å². The van der Waals surface area contributed by atoms with Gasteiger partial charge in [0.05, 0.1) is 0 Å². The molecule has 0 unspecified atom stereocenters. The molecule has 0 amide bonds. The van der Waals surface area contributed by atoms with Gasteiger partial charge in [-0.25, -0.2) is 4.79 Å². The number of nitrogens with zero attached hydrogens (tertiary/aromatic N) is 1. The van der Waals surface area contributed by atoms with Gasteiger partial charge in [-0.15, -0.1) is 0 Å². The molecule has 3 nitrogen and oxygen atoms in total. The van der Waals surface area contributed by atoms with Crippen LogP contribution in [0.4, 0.5) is 0 Å². The van der Waals surface area contributed by atoms with Crippen LogP contribution < -0.4 is 0 Å². The number of carbonyl (C=O) groups excluding carboxylic acids is 2. The quantitative estimate of drug-likeness (QED) is 0.418. The zero-order chi connectivity index (χ0) is 10.8. The Morgan fingerprint density at radius 3 is 2.36 bits per heavy atom. The fraction of sp³-hybridized carbons (Fsp3) is 0.273. The Bertz CT molecular complexity index is 313. The lowest BCUT2D eigenvalue weighted by molar-refractivity contribution is 0.100. The molecule has 0 spiro atoms. The fourth-order valence-corrected chi connectivity index (χ4v) is 0.819. The van der Waals surface area contributed by atoms with Crippen LogP contribution in [0, 0.1) is 0 Å². The number of ketones is 1. The molecule has 14 heavy (non-hydrogen) atoms. The van der Waals surface area contributed by atoms with E-state index in [1.807, 2.05) is 19.9 Å². The molecule has 0 heterocycles. The average molecular weight is 191 g/mol. The van der Waals surface area contributed by atoms with Gasteiger partial charge in [0.1, 0.15) is 6.54 Å². The molecule has 0 atom stereocenters. The molecule has 1 aromatic rings. The van der Waals surface area contributed by atoms with Crippen molar-refractivity contribution in [3.63, 3.8) is 0 Å². The maximum Gasteiger partial charge on any atom is 0.235 e. The third-order valence-corrected chi connectivity index (χ3v) is 1.38. The largest absolute Gasteiger partial charge is 0.292 e. The number of rotatable bonds is 3. The van der Waals surface area contributed by atoms with Crippen molar-refractivity contribution in [1.82, 2.24) is 0 Å². The molecule has 0 aliphatic carbocycles. The zero-order valence-electron chi connectivity index (χ0n) is 8.36. The zero-order valence-corrected chi connectivity index (χ0v) is 8.36. The first kappa shape index (κ1) is 12.3. The smallest absolute Gasteiger partial charge is 0.235 e. The van der Waals surface area contributed by atoms with Gasteiger partial charge in [-0.2, -0.15) is 4.99 Å². The highest BCUT2D eigenvalue weighted by Crippen LogP contribution is 1.99. The molecule has 0 saturated carbocycles. The molecule has 0 fully saturated rings. The Balaban J connectivity index is 0.000000791. The lowest BCUT2D eigenvalue weighted by atomic mass is 10.1. The van der Waals surface area contributed by atoms with Crippen LogP contribution in [0.2, 0.25) is 0 Å². The summed E-state index contributed by atoms with van der Waals surface area (Å²) in [5.41, 5.74) is 0.566. The standard InChI is InChI=1S/C9H7NO2.C2H6/c11-7-10-6-9(12)8-4-2-1-3-5-8;1-2/h1-5H,6H2;1-2H3. The van der Waals surface area contributed by atoms with Crippen LogP contribution in [-0.2, 0) is 4.79 Å². The molecule has 0 bridgehead atoms. The third-order valence-electron chi connectivity index (χ3n) is 1.38. The van der Waals surface area contributed by atoms with Crippen molar-refractivity contribution in [1.29, 1.82) is 0 Å². The number of aliphatic imine (C=N–C) groups is 1. The third kappa shape index (κ3) is 4.33. The molecule has 0 saturated heterocycles. The summed E-state index contributed by atoms with van der Waals surface area (Å²) >= 11 is 0. The minimum absolute atomic E-state index is 0.118. The minimum Gasteiger partial charge on any atom is -0.292 e. The van der Waals surface area contributed by atoms with Crippen molar-refractivity contribution < 1.29 is 9.59 Å². The highest BCUT2D eigenvalue weighted by Gasteiger charge is 2.01. The van der Waals surface area contributed by atoms with E-state index in [1.165, 1.54) is 6.08 Å². The van der Waals surface area contributed by atoms with Crippen LogP contribution in [0.1, 0.15) is 24.2 Å². The van der Waals surface area contributed by atoms with E-state index < -0.39 is 0 Å². The molecule has 0 aromatic heterocycles. The van der Waals surface area contributed by atoms with Gasteiger partial charge in [-0.3, -0.25) is 4.79 Å². The molecule has 1 rings (SSSR count). The first-order chi connectivity index (χ1) is 6.84. The summed E-state index contributed by atoms with van der Waals surface area (Å²) in [6.07, 6.45) is 1.32. The van der Waals surface area contributed by atoms with Gasteiger partial charge in [0.2, 0.25) is 6.08 Å². The first-order valence-electron chi connectivity index (χ1n) is 4.46. The van der Waals surface area contributed by atoms with E-state index in [1.54, 1.807) is 24.3 Å². The topological polar surface area (TPSA) is 46.5 Å². The van der Waals surface area contributed by atoms with Crippen molar-refractivity contribution >= 4 is 11.9 Å². The summed E-state index contributed by atoms with van der Waals surface area (Å²) in [7, 11) is 0. The monoisotopic (exact) mass is 191 g/mol. The fourth-order valence-electron chi connectivity index (χ4n) is 0.819. The van der Waals surface area contributed by atoms with E-state index in [2.05, 4.69) is 4.99 Å². The van der Waals surface area contributed by atoms with E-state index >= 15 is 0 Å². The highest BCUT2D eigenvalue weighted by atomic mass is 16.1. The molecule has 0 N–H and O–H groups in total. The maximum atomic E-state index is 11.1. The lowest BCUT2D eigenvalue weighted by Crippen LogP contribution is -2.02. The lowest BCUT2D eigenvalue weighted by Gasteiger charge is -1.93. The Hall–Kier alpha value is -1.73. The maximum absolute atomic E-state index is 11.1.